The number of carbonyl (C=O) groups is 2. The molecule has 142 valence electrons. The van der Waals surface area contributed by atoms with Crippen LogP contribution in [0.1, 0.15) is 31.2 Å². The lowest BCUT2D eigenvalue weighted by Crippen LogP contribution is -2.53. The van der Waals surface area contributed by atoms with E-state index in [1.165, 1.54) is 0 Å². The molecule has 1 aromatic rings. The topological polar surface area (TPSA) is 122 Å². The number of nitrogens with one attached hydrogen (secondary N) is 2. The van der Waals surface area contributed by atoms with Gasteiger partial charge in [-0.05, 0) is 43.4 Å². The van der Waals surface area contributed by atoms with Crippen LogP contribution in [-0.2, 0) is 20.2 Å². The van der Waals surface area contributed by atoms with E-state index in [4.69, 9.17) is 5.73 Å². The molecule has 0 spiro atoms. The first-order chi connectivity index (χ1) is 12.2. The number of piperidine rings is 1. The summed E-state index contributed by atoms with van der Waals surface area (Å²) in [5.74, 6) is -0.164. The molecule has 26 heavy (non-hydrogen) atoms. The van der Waals surface area contributed by atoms with Crippen LogP contribution in [0.5, 0.6) is 0 Å². The summed E-state index contributed by atoms with van der Waals surface area (Å²) < 4.78 is 25.3. The van der Waals surface area contributed by atoms with Gasteiger partial charge >= 0.3 is 6.03 Å². The zero-order valence-corrected chi connectivity index (χ0v) is 15.5. The number of nitrogens with two attached hydrogens (primary N) is 1. The first kappa shape index (κ1) is 18.7. The maximum Gasteiger partial charge on any atom is 0.312 e. The second-order valence-corrected chi connectivity index (χ2v) is 8.95. The van der Waals surface area contributed by atoms with Gasteiger partial charge in [0.05, 0.1) is 6.26 Å². The predicted octanol–water partition coefficient (Wildman–Crippen LogP) is 0.431. The van der Waals surface area contributed by atoms with Crippen LogP contribution in [0, 0.1) is 0 Å². The van der Waals surface area contributed by atoms with Gasteiger partial charge in [-0.15, -0.1) is 0 Å². The molecule has 3 amide bonds. The molecule has 1 heterocycles. The third kappa shape index (κ3) is 4.16. The standard InChI is InChI=1S/C17H24N4O4S/c1-26(24,25)19-11-17(8-9-17)12-4-6-13(7-5-12)21-10-2-3-14(15(21)22)20-16(18)23/h4-7,14,19H,2-3,8-11H2,1H3,(H3,18,20,23)/t14-/m1/s1. The minimum absolute atomic E-state index is 0.149. The van der Waals surface area contributed by atoms with Crippen molar-refractivity contribution in [2.45, 2.75) is 37.1 Å². The number of anilines is 1. The number of benzene rings is 1. The lowest BCUT2D eigenvalue weighted by Gasteiger charge is -2.32. The minimum Gasteiger partial charge on any atom is -0.352 e. The normalized spacial score (nSPS) is 22.1. The van der Waals surface area contributed by atoms with E-state index in [1.807, 2.05) is 24.3 Å². The van der Waals surface area contributed by atoms with Gasteiger partial charge in [0.1, 0.15) is 6.04 Å². The van der Waals surface area contributed by atoms with E-state index in [1.54, 1.807) is 4.90 Å². The van der Waals surface area contributed by atoms with E-state index in [0.29, 0.717) is 19.5 Å². The number of primary amides is 1. The summed E-state index contributed by atoms with van der Waals surface area (Å²) in [7, 11) is -3.22. The molecule has 4 N–H and O–H groups in total. The molecule has 2 aliphatic rings. The van der Waals surface area contributed by atoms with Gasteiger partial charge in [-0.3, -0.25) is 4.79 Å². The molecule has 1 atom stereocenters. The largest absolute Gasteiger partial charge is 0.352 e. The van der Waals surface area contributed by atoms with Gasteiger partial charge < -0.3 is 16.0 Å². The number of nitrogens with zero attached hydrogens (tertiary/aromatic N) is 1. The highest BCUT2D eigenvalue weighted by Gasteiger charge is 2.44. The number of hydrogen-bond donors (Lipinski definition) is 3. The molecule has 1 aromatic carbocycles. The Labute approximate surface area is 153 Å². The highest BCUT2D eigenvalue weighted by atomic mass is 32.2. The summed E-state index contributed by atoms with van der Waals surface area (Å²) in [6, 6.07) is 6.36. The number of amides is 3. The first-order valence-electron chi connectivity index (χ1n) is 8.63. The smallest absolute Gasteiger partial charge is 0.312 e. The minimum atomic E-state index is -3.22. The number of rotatable bonds is 6. The third-order valence-corrected chi connectivity index (χ3v) is 5.74. The average molecular weight is 380 g/mol. The Morgan fingerprint density at radius 3 is 2.50 bits per heavy atom. The van der Waals surface area contributed by atoms with Crippen LogP contribution in [0.15, 0.2) is 24.3 Å². The van der Waals surface area contributed by atoms with Crippen molar-refractivity contribution in [3.63, 3.8) is 0 Å². The van der Waals surface area contributed by atoms with Crippen LogP contribution in [-0.4, -0.2) is 45.7 Å². The van der Waals surface area contributed by atoms with Crippen molar-refractivity contribution < 1.29 is 18.0 Å². The zero-order chi connectivity index (χ0) is 18.9. The van der Waals surface area contributed by atoms with Crippen molar-refractivity contribution in [2.75, 3.05) is 24.2 Å². The quantitative estimate of drug-likeness (QED) is 0.662. The van der Waals surface area contributed by atoms with Crippen LogP contribution in [0.2, 0.25) is 0 Å². The molecule has 1 saturated carbocycles. The summed E-state index contributed by atoms with van der Waals surface area (Å²) in [6.07, 6.45) is 4.38. The van der Waals surface area contributed by atoms with Gasteiger partial charge in [0, 0.05) is 24.2 Å². The van der Waals surface area contributed by atoms with E-state index in [-0.39, 0.29) is 11.3 Å². The summed E-state index contributed by atoms with van der Waals surface area (Å²) in [6.45, 7) is 0.980. The fourth-order valence-corrected chi connectivity index (χ4v) is 3.96. The van der Waals surface area contributed by atoms with Gasteiger partial charge in [-0.2, -0.15) is 0 Å². The van der Waals surface area contributed by atoms with E-state index in [9.17, 15) is 18.0 Å². The Balaban J connectivity index is 1.71. The van der Waals surface area contributed by atoms with E-state index in [2.05, 4.69) is 10.0 Å². The highest BCUT2D eigenvalue weighted by Crippen LogP contribution is 2.48. The monoisotopic (exact) mass is 380 g/mol. The van der Waals surface area contributed by atoms with Crippen LogP contribution >= 0.6 is 0 Å². The van der Waals surface area contributed by atoms with Gasteiger partial charge in [-0.25, -0.2) is 17.9 Å². The SMILES string of the molecule is CS(=O)(=O)NCC1(c2ccc(N3CCC[C@@H](NC(N)=O)C3=O)cc2)CC1. The second-order valence-electron chi connectivity index (χ2n) is 7.11. The molecule has 0 unspecified atom stereocenters. The maximum absolute atomic E-state index is 12.5. The average Bonchev–Trinajstić information content (AvgIpc) is 3.36. The second kappa shape index (κ2) is 6.88. The van der Waals surface area contributed by atoms with Gasteiger partial charge in [0.25, 0.3) is 0 Å². The molecule has 1 saturated heterocycles. The van der Waals surface area contributed by atoms with E-state index < -0.39 is 22.1 Å². The Morgan fingerprint density at radius 2 is 1.96 bits per heavy atom. The number of sulfonamides is 1. The van der Waals surface area contributed by atoms with Crippen molar-refractivity contribution in [2.24, 2.45) is 5.73 Å². The summed E-state index contributed by atoms with van der Waals surface area (Å²) >= 11 is 0. The predicted molar refractivity (Wildman–Crippen MR) is 98.3 cm³/mol. The molecule has 1 aliphatic heterocycles. The zero-order valence-electron chi connectivity index (χ0n) is 14.7. The van der Waals surface area contributed by atoms with Crippen molar-refractivity contribution in [1.29, 1.82) is 0 Å². The van der Waals surface area contributed by atoms with Crippen molar-refractivity contribution in [1.82, 2.24) is 10.0 Å². The van der Waals surface area contributed by atoms with Crippen LogP contribution in [0.25, 0.3) is 0 Å². The van der Waals surface area contributed by atoms with Crippen molar-refractivity contribution in [3.05, 3.63) is 29.8 Å². The van der Waals surface area contributed by atoms with Gasteiger partial charge in [0.15, 0.2) is 0 Å². The fraction of sp³-hybridized carbons (Fsp3) is 0.529. The Bertz CT molecular complexity index is 803. The number of urea groups is 1. The molecule has 3 rings (SSSR count). The van der Waals surface area contributed by atoms with Gasteiger partial charge in [-0.1, -0.05) is 12.1 Å². The molecule has 9 heteroatoms. The molecule has 1 aliphatic carbocycles. The number of hydrogen-bond acceptors (Lipinski definition) is 4. The van der Waals surface area contributed by atoms with E-state index in [0.717, 1.165) is 36.8 Å². The van der Waals surface area contributed by atoms with Crippen molar-refractivity contribution >= 4 is 27.6 Å². The molecule has 2 fully saturated rings. The summed E-state index contributed by atoms with van der Waals surface area (Å²) in [5.41, 5.74) is 6.81. The van der Waals surface area contributed by atoms with Crippen LogP contribution in [0.4, 0.5) is 10.5 Å². The summed E-state index contributed by atoms with van der Waals surface area (Å²) in [4.78, 5) is 25.2. The molecule has 0 aromatic heterocycles. The Kier molecular flexibility index (Phi) is 4.94. The molecule has 8 nitrogen and oxygen atoms in total. The van der Waals surface area contributed by atoms with E-state index >= 15 is 0 Å². The molecular formula is C17H24N4O4S. The van der Waals surface area contributed by atoms with Gasteiger partial charge in [0.2, 0.25) is 15.9 Å². The van der Waals surface area contributed by atoms with Crippen molar-refractivity contribution in [3.8, 4) is 0 Å². The highest BCUT2D eigenvalue weighted by molar-refractivity contribution is 7.88. The summed E-state index contributed by atoms with van der Waals surface area (Å²) in [5, 5.41) is 2.49. The maximum atomic E-state index is 12.5. The third-order valence-electron chi connectivity index (χ3n) is 5.07. The molecule has 0 bridgehead atoms. The first-order valence-corrected chi connectivity index (χ1v) is 10.5. The molecule has 0 radical (unpaired) electrons. The Hall–Kier alpha value is -2.13. The fourth-order valence-electron chi connectivity index (χ4n) is 3.42. The van der Waals surface area contributed by atoms with Crippen LogP contribution < -0.4 is 20.7 Å². The van der Waals surface area contributed by atoms with Crippen LogP contribution in [0.3, 0.4) is 0 Å². The Morgan fingerprint density at radius 1 is 1.31 bits per heavy atom. The number of carbonyl (C=O) groups excluding carboxylic acids is 2. The lowest BCUT2D eigenvalue weighted by molar-refractivity contribution is -0.121. The lowest BCUT2D eigenvalue weighted by atomic mass is 9.95. The molecular weight excluding hydrogens is 356 g/mol.